The van der Waals surface area contributed by atoms with Crippen LogP contribution in [0.3, 0.4) is 0 Å². The average molecular weight is 297 g/mol. The third-order valence-electron chi connectivity index (χ3n) is 3.37. The van der Waals surface area contributed by atoms with Crippen LogP contribution >= 0.6 is 0 Å². The van der Waals surface area contributed by atoms with Crippen LogP contribution in [0.1, 0.15) is 5.56 Å². The Labute approximate surface area is 127 Å². The predicted octanol–water partition coefficient (Wildman–Crippen LogP) is 1.98. The summed E-state index contributed by atoms with van der Waals surface area (Å²) < 4.78 is 5.09. The Kier molecular flexibility index (Phi) is 3.76. The van der Waals surface area contributed by atoms with Gasteiger partial charge in [0, 0.05) is 18.1 Å². The lowest BCUT2D eigenvalue weighted by Crippen LogP contribution is -2.33. The molecule has 2 amide bonds. The smallest absolute Gasteiger partial charge is 0.328 e. The van der Waals surface area contributed by atoms with Crippen molar-refractivity contribution in [3.8, 4) is 5.75 Å². The van der Waals surface area contributed by atoms with Crippen molar-refractivity contribution >= 4 is 17.8 Å². The first kappa shape index (κ1) is 14.1. The van der Waals surface area contributed by atoms with Crippen LogP contribution in [-0.4, -0.2) is 29.5 Å². The molecule has 112 valence electrons. The largest absolute Gasteiger partial charge is 0.497 e. The van der Waals surface area contributed by atoms with Crippen molar-refractivity contribution in [1.82, 2.24) is 10.3 Å². The van der Waals surface area contributed by atoms with Crippen molar-refractivity contribution in [2.24, 2.45) is 0 Å². The average Bonchev–Trinajstić information content (AvgIpc) is 2.82. The summed E-state index contributed by atoms with van der Waals surface area (Å²) >= 11 is 0. The number of nitrogens with zero attached hydrogens (tertiary/aromatic N) is 2. The van der Waals surface area contributed by atoms with Crippen LogP contribution in [-0.2, 0) is 0 Å². The minimum absolute atomic E-state index is 0.377. The maximum atomic E-state index is 12.1. The number of amides is 2. The number of carbonyl (C=O) groups is 1. The standard InChI is InChI=1S/C16H15N3O3/c1-22-13-4-2-12(3-5-13)19-15(20)14(18-16(19)21)10-11-6-8-17-9-7-11/h2-10,15,20H,1H3,(H,18,21). The number of carbonyl (C=O) groups excluding carboxylic acids is 1. The molecule has 6 nitrogen and oxygen atoms in total. The van der Waals surface area contributed by atoms with Crippen molar-refractivity contribution in [2.75, 3.05) is 12.0 Å². The van der Waals surface area contributed by atoms with E-state index < -0.39 is 6.23 Å². The molecule has 22 heavy (non-hydrogen) atoms. The Morgan fingerprint density at radius 1 is 1.23 bits per heavy atom. The Bertz CT molecular complexity index is 698. The van der Waals surface area contributed by atoms with Gasteiger partial charge in [0.25, 0.3) is 0 Å². The van der Waals surface area contributed by atoms with Gasteiger partial charge < -0.3 is 15.2 Å². The summed E-state index contributed by atoms with van der Waals surface area (Å²) in [6.45, 7) is 0. The number of methoxy groups -OCH3 is 1. The molecule has 2 heterocycles. The van der Waals surface area contributed by atoms with Crippen LogP contribution in [0.15, 0.2) is 54.5 Å². The van der Waals surface area contributed by atoms with Crippen molar-refractivity contribution in [2.45, 2.75) is 6.23 Å². The Balaban J connectivity index is 1.87. The minimum atomic E-state index is -1.06. The van der Waals surface area contributed by atoms with Crippen LogP contribution in [0.2, 0.25) is 0 Å². The molecular formula is C16H15N3O3. The molecular weight excluding hydrogens is 282 g/mol. The number of ether oxygens (including phenoxy) is 1. The van der Waals surface area contributed by atoms with Gasteiger partial charge in [-0.1, -0.05) is 0 Å². The molecule has 2 aromatic rings. The third kappa shape index (κ3) is 2.64. The first-order valence-electron chi connectivity index (χ1n) is 6.73. The summed E-state index contributed by atoms with van der Waals surface area (Å²) in [5, 5.41) is 13.1. The van der Waals surface area contributed by atoms with Gasteiger partial charge in [-0.05, 0) is 48.0 Å². The SMILES string of the molecule is COc1ccc(N2C(=O)NC(=Cc3ccncc3)C2O)cc1. The fourth-order valence-corrected chi connectivity index (χ4v) is 2.25. The van der Waals surface area contributed by atoms with Gasteiger partial charge in [-0.2, -0.15) is 0 Å². The summed E-state index contributed by atoms with van der Waals surface area (Å²) in [5.41, 5.74) is 1.86. The van der Waals surface area contributed by atoms with Gasteiger partial charge in [-0.25, -0.2) is 4.79 Å². The van der Waals surface area contributed by atoms with Gasteiger partial charge in [0.1, 0.15) is 5.75 Å². The van der Waals surface area contributed by atoms with Gasteiger partial charge in [0.15, 0.2) is 6.23 Å². The zero-order valence-corrected chi connectivity index (χ0v) is 11.9. The normalized spacial score (nSPS) is 19.4. The predicted molar refractivity (Wildman–Crippen MR) is 82.2 cm³/mol. The number of rotatable bonds is 3. The number of aliphatic hydroxyl groups is 1. The van der Waals surface area contributed by atoms with E-state index in [2.05, 4.69) is 10.3 Å². The third-order valence-corrected chi connectivity index (χ3v) is 3.37. The first-order chi connectivity index (χ1) is 10.7. The number of pyridine rings is 1. The van der Waals surface area contributed by atoms with Gasteiger partial charge in [0.2, 0.25) is 0 Å². The van der Waals surface area contributed by atoms with E-state index in [-0.39, 0.29) is 6.03 Å². The maximum Gasteiger partial charge on any atom is 0.328 e. The second-order valence-electron chi connectivity index (χ2n) is 4.75. The van der Waals surface area contributed by atoms with E-state index >= 15 is 0 Å². The minimum Gasteiger partial charge on any atom is -0.497 e. The molecule has 1 atom stereocenters. The van der Waals surface area contributed by atoms with Crippen molar-refractivity contribution in [3.05, 3.63) is 60.1 Å². The molecule has 0 spiro atoms. The summed E-state index contributed by atoms with van der Waals surface area (Å²) in [6, 6.07) is 10.1. The summed E-state index contributed by atoms with van der Waals surface area (Å²) in [5.74, 6) is 0.686. The van der Waals surface area contributed by atoms with Crippen molar-refractivity contribution in [3.63, 3.8) is 0 Å². The van der Waals surface area contributed by atoms with Crippen LogP contribution in [0.25, 0.3) is 6.08 Å². The Hall–Kier alpha value is -2.86. The highest BCUT2D eigenvalue weighted by atomic mass is 16.5. The number of urea groups is 1. The monoisotopic (exact) mass is 297 g/mol. The number of nitrogens with one attached hydrogen (secondary N) is 1. The molecule has 0 radical (unpaired) electrons. The van der Waals surface area contributed by atoms with Crippen LogP contribution in [0.4, 0.5) is 10.5 Å². The molecule has 0 aliphatic carbocycles. The molecule has 1 aromatic heterocycles. The first-order valence-corrected chi connectivity index (χ1v) is 6.73. The highest BCUT2D eigenvalue weighted by molar-refractivity contribution is 5.98. The highest BCUT2D eigenvalue weighted by Crippen LogP contribution is 2.26. The van der Waals surface area contributed by atoms with E-state index in [4.69, 9.17) is 4.74 Å². The number of aromatic nitrogens is 1. The zero-order chi connectivity index (χ0) is 15.5. The molecule has 1 unspecified atom stereocenters. The number of aliphatic hydroxyl groups excluding tert-OH is 1. The topological polar surface area (TPSA) is 74.7 Å². The fraction of sp³-hybridized carbons (Fsp3) is 0.125. The van der Waals surface area contributed by atoms with Gasteiger partial charge in [-0.15, -0.1) is 0 Å². The van der Waals surface area contributed by atoms with Crippen LogP contribution in [0, 0.1) is 0 Å². The van der Waals surface area contributed by atoms with Crippen LogP contribution < -0.4 is 15.0 Å². The van der Waals surface area contributed by atoms with Crippen molar-refractivity contribution in [1.29, 1.82) is 0 Å². The summed E-state index contributed by atoms with van der Waals surface area (Å²) in [7, 11) is 1.57. The van der Waals surface area contributed by atoms with Gasteiger partial charge >= 0.3 is 6.03 Å². The summed E-state index contributed by atoms with van der Waals surface area (Å²) in [4.78, 5) is 17.3. The quantitative estimate of drug-likeness (QED) is 0.908. The molecule has 0 bridgehead atoms. The maximum absolute atomic E-state index is 12.1. The second-order valence-corrected chi connectivity index (χ2v) is 4.75. The lowest BCUT2D eigenvalue weighted by Gasteiger charge is -2.19. The molecule has 1 aromatic carbocycles. The molecule has 6 heteroatoms. The molecule has 1 fully saturated rings. The lowest BCUT2D eigenvalue weighted by molar-refractivity contribution is 0.216. The van der Waals surface area contributed by atoms with E-state index in [1.165, 1.54) is 4.90 Å². The number of benzene rings is 1. The lowest BCUT2D eigenvalue weighted by atomic mass is 10.2. The van der Waals surface area contributed by atoms with Gasteiger partial charge in [0.05, 0.1) is 12.8 Å². The summed E-state index contributed by atoms with van der Waals surface area (Å²) in [6.07, 6.45) is 3.95. The van der Waals surface area contributed by atoms with Crippen molar-refractivity contribution < 1.29 is 14.6 Å². The molecule has 0 saturated carbocycles. The van der Waals surface area contributed by atoms with E-state index in [1.807, 2.05) is 0 Å². The molecule has 1 aliphatic heterocycles. The van der Waals surface area contributed by atoms with Crippen LogP contribution in [0.5, 0.6) is 5.75 Å². The number of hydrogen-bond acceptors (Lipinski definition) is 4. The Morgan fingerprint density at radius 2 is 1.91 bits per heavy atom. The number of anilines is 1. The molecule has 1 aliphatic rings. The highest BCUT2D eigenvalue weighted by Gasteiger charge is 2.34. The number of hydrogen-bond donors (Lipinski definition) is 2. The van der Waals surface area contributed by atoms with Gasteiger partial charge in [-0.3, -0.25) is 9.88 Å². The van der Waals surface area contributed by atoms with E-state index in [0.717, 1.165) is 5.56 Å². The van der Waals surface area contributed by atoms with E-state index in [0.29, 0.717) is 17.1 Å². The fourth-order valence-electron chi connectivity index (χ4n) is 2.25. The Morgan fingerprint density at radius 3 is 2.55 bits per heavy atom. The molecule has 1 saturated heterocycles. The second kappa shape index (κ2) is 5.87. The van der Waals surface area contributed by atoms with E-state index in [9.17, 15) is 9.90 Å². The molecule has 2 N–H and O–H groups in total. The molecule has 3 rings (SSSR count). The van der Waals surface area contributed by atoms with E-state index in [1.54, 1.807) is 62.0 Å². The zero-order valence-electron chi connectivity index (χ0n) is 11.9.